The summed E-state index contributed by atoms with van der Waals surface area (Å²) in [6, 6.07) is 15.8. The fourth-order valence-corrected chi connectivity index (χ4v) is 2.94. The fourth-order valence-electron chi connectivity index (χ4n) is 2.94. The van der Waals surface area contributed by atoms with Gasteiger partial charge in [-0.2, -0.15) is 29.8 Å². The normalized spacial score (nSPS) is 18.7. The van der Waals surface area contributed by atoms with Crippen molar-refractivity contribution in [1.82, 2.24) is 4.98 Å². The summed E-state index contributed by atoms with van der Waals surface area (Å²) in [6.45, 7) is 5.12. The van der Waals surface area contributed by atoms with Crippen LogP contribution in [-0.4, -0.2) is 15.9 Å². The summed E-state index contributed by atoms with van der Waals surface area (Å²) in [4.78, 5) is 14.5. The number of pyridine rings is 1. The third-order valence-corrected chi connectivity index (χ3v) is 4.03. The van der Waals surface area contributed by atoms with Crippen molar-refractivity contribution in [2.45, 2.75) is 39.0 Å². The molecule has 0 saturated carbocycles. The van der Waals surface area contributed by atoms with Crippen molar-refractivity contribution in [3.8, 4) is 0 Å². The van der Waals surface area contributed by atoms with Crippen LogP contribution in [0.4, 0.5) is 0 Å². The van der Waals surface area contributed by atoms with Crippen molar-refractivity contribution in [3.05, 3.63) is 77.3 Å². The molecule has 1 aliphatic rings. The molecule has 1 aliphatic carbocycles. The van der Waals surface area contributed by atoms with Crippen LogP contribution >= 0.6 is 0 Å². The van der Waals surface area contributed by atoms with E-state index in [2.05, 4.69) is 42.2 Å². The van der Waals surface area contributed by atoms with Crippen LogP contribution in [-0.2, 0) is 36.7 Å². The van der Waals surface area contributed by atoms with Crippen LogP contribution in [0.25, 0.3) is 0 Å². The molecule has 129 valence electrons. The van der Waals surface area contributed by atoms with Gasteiger partial charge in [0.2, 0.25) is 0 Å². The minimum Gasteiger partial charge on any atom is -0.512 e. The van der Waals surface area contributed by atoms with E-state index in [4.69, 9.17) is 5.11 Å². The van der Waals surface area contributed by atoms with E-state index < -0.39 is 0 Å². The number of nitrogens with zero attached hydrogens (tertiary/aromatic N) is 1. The number of allylic oxidation sites excluding steroid dienone is 2. The van der Waals surface area contributed by atoms with Crippen LogP contribution in [0.3, 0.4) is 0 Å². The van der Waals surface area contributed by atoms with Gasteiger partial charge in [-0.15, -0.1) is 5.56 Å². The van der Waals surface area contributed by atoms with Gasteiger partial charge in [0.1, 0.15) is 0 Å². The Morgan fingerprint density at radius 1 is 1.29 bits per heavy atom. The SMILES string of the molecule is CC(=O)/C=C(/C)O.CC1(c2ccccn2)CCc2ccc[c-]c21.[Ir]. The Balaban J connectivity index is 0.000000312. The maximum absolute atomic E-state index is 10.0. The van der Waals surface area contributed by atoms with Crippen LogP contribution in [0.5, 0.6) is 0 Å². The van der Waals surface area contributed by atoms with Crippen LogP contribution in [0.2, 0.25) is 0 Å². The first-order valence-corrected chi connectivity index (χ1v) is 7.73. The zero-order valence-electron chi connectivity index (χ0n) is 14.2. The molecule has 0 bridgehead atoms. The molecule has 4 heteroatoms. The Morgan fingerprint density at radius 3 is 2.58 bits per heavy atom. The molecular weight excluding hydrogens is 478 g/mol. The second-order valence-corrected chi connectivity index (χ2v) is 6.01. The van der Waals surface area contributed by atoms with Crippen molar-refractivity contribution in [2.24, 2.45) is 0 Å². The minimum absolute atomic E-state index is 0. The standard InChI is InChI=1S/C15H14N.C5H8O2.Ir/c1-15(14-8-4-5-11-16-14)10-9-12-6-2-3-7-13(12)15;1-4(6)3-5(2)7;/h2-6,8,11H,9-10H2,1H3;3,6H,1-2H3;/q-1;;/b;4-3-;. The summed E-state index contributed by atoms with van der Waals surface area (Å²) >= 11 is 0. The number of ketones is 1. The van der Waals surface area contributed by atoms with Crippen molar-refractivity contribution in [2.75, 3.05) is 0 Å². The molecule has 0 aliphatic heterocycles. The van der Waals surface area contributed by atoms with Crippen molar-refractivity contribution < 1.29 is 30.0 Å². The van der Waals surface area contributed by atoms with Crippen LogP contribution in [0.1, 0.15) is 44.0 Å². The van der Waals surface area contributed by atoms with Gasteiger partial charge in [0.25, 0.3) is 0 Å². The van der Waals surface area contributed by atoms with E-state index in [1.807, 2.05) is 18.3 Å². The van der Waals surface area contributed by atoms with Gasteiger partial charge in [0, 0.05) is 43.5 Å². The van der Waals surface area contributed by atoms with E-state index in [-0.39, 0.29) is 37.1 Å². The predicted molar refractivity (Wildman–Crippen MR) is 91.4 cm³/mol. The molecule has 0 saturated heterocycles. The molecule has 1 heterocycles. The molecule has 24 heavy (non-hydrogen) atoms. The molecule has 1 unspecified atom stereocenters. The van der Waals surface area contributed by atoms with Gasteiger partial charge in [-0.1, -0.05) is 19.4 Å². The molecule has 0 amide bonds. The van der Waals surface area contributed by atoms with Crippen molar-refractivity contribution in [3.63, 3.8) is 0 Å². The molecule has 0 fully saturated rings. The molecule has 1 atom stereocenters. The molecule has 0 spiro atoms. The van der Waals surface area contributed by atoms with Gasteiger partial charge in [0.05, 0.1) is 5.76 Å². The zero-order valence-corrected chi connectivity index (χ0v) is 16.6. The predicted octanol–water partition coefficient (Wildman–Crippen LogP) is 4.17. The summed E-state index contributed by atoms with van der Waals surface area (Å²) < 4.78 is 0. The van der Waals surface area contributed by atoms with Gasteiger partial charge in [-0.3, -0.25) is 9.78 Å². The van der Waals surface area contributed by atoms with Crippen molar-refractivity contribution >= 4 is 5.78 Å². The monoisotopic (exact) mass is 501 g/mol. The molecule has 1 radical (unpaired) electrons. The van der Waals surface area contributed by atoms with Gasteiger partial charge in [-0.05, 0) is 32.4 Å². The maximum Gasteiger partial charge on any atom is 0.155 e. The Bertz CT molecular complexity index is 709. The first kappa shape index (κ1) is 20.3. The Labute approximate surface area is 157 Å². The second kappa shape index (κ2) is 8.91. The average Bonchev–Trinajstić information content (AvgIpc) is 2.87. The number of aromatic nitrogens is 1. The number of aliphatic hydroxyl groups excluding tert-OH is 1. The fraction of sp³-hybridized carbons (Fsp3) is 0.300. The zero-order chi connectivity index (χ0) is 16.9. The summed E-state index contributed by atoms with van der Waals surface area (Å²) in [6.07, 6.45) is 5.32. The van der Waals surface area contributed by atoms with E-state index in [1.54, 1.807) is 0 Å². The second-order valence-electron chi connectivity index (χ2n) is 6.01. The largest absolute Gasteiger partial charge is 0.512 e. The number of aryl methyl sites for hydroxylation is 1. The van der Waals surface area contributed by atoms with Crippen LogP contribution < -0.4 is 0 Å². The quantitative estimate of drug-likeness (QED) is 0.383. The first-order valence-electron chi connectivity index (χ1n) is 7.73. The summed E-state index contributed by atoms with van der Waals surface area (Å²) in [5, 5.41) is 8.36. The van der Waals surface area contributed by atoms with E-state index >= 15 is 0 Å². The van der Waals surface area contributed by atoms with Crippen LogP contribution in [0, 0.1) is 6.07 Å². The number of rotatable bonds is 2. The van der Waals surface area contributed by atoms with Crippen molar-refractivity contribution in [1.29, 1.82) is 0 Å². The number of hydrogen-bond donors (Lipinski definition) is 1. The molecule has 3 nitrogen and oxygen atoms in total. The summed E-state index contributed by atoms with van der Waals surface area (Å²) in [7, 11) is 0. The van der Waals surface area contributed by atoms with E-state index in [1.165, 1.54) is 31.1 Å². The van der Waals surface area contributed by atoms with E-state index in [0.717, 1.165) is 18.5 Å². The Hall–Kier alpha value is -1.77. The molecule has 1 aromatic carbocycles. The van der Waals surface area contributed by atoms with E-state index in [0.29, 0.717) is 0 Å². The summed E-state index contributed by atoms with van der Waals surface area (Å²) in [5.74, 6) is -0.0625. The molecule has 1 aromatic heterocycles. The number of aliphatic hydroxyl groups is 1. The van der Waals surface area contributed by atoms with Gasteiger partial charge < -0.3 is 5.11 Å². The van der Waals surface area contributed by atoms with Crippen LogP contribution in [0.15, 0.2) is 54.4 Å². The molecular formula is C20H22IrNO2-. The van der Waals surface area contributed by atoms with Gasteiger partial charge >= 0.3 is 0 Å². The molecule has 3 rings (SSSR count). The third-order valence-electron chi connectivity index (χ3n) is 4.03. The van der Waals surface area contributed by atoms with Gasteiger partial charge in [0.15, 0.2) is 5.78 Å². The maximum atomic E-state index is 10.0. The number of benzene rings is 1. The minimum atomic E-state index is -0.125. The molecule has 2 aromatic rings. The number of hydrogen-bond acceptors (Lipinski definition) is 3. The third kappa shape index (κ3) is 4.86. The number of carbonyl (C=O) groups is 1. The molecule has 1 N–H and O–H groups in total. The number of fused-ring (bicyclic) bond motifs is 1. The van der Waals surface area contributed by atoms with E-state index in [9.17, 15) is 4.79 Å². The topological polar surface area (TPSA) is 50.2 Å². The smallest absolute Gasteiger partial charge is 0.155 e. The Morgan fingerprint density at radius 2 is 2.04 bits per heavy atom. The average molecular weight is 501 g/mol. The Kier molecular flexibility index (Phi) is 7.53. The first-order chi connectivity index (χ1) is 10.9. The number of carbonyl (C=O) groups excluding carboxylic acids is 1. The van der Waals surface area contributed by atoms with Gasteiger partial charge in [-0.25, -0.2) is 0 Å². The summed E-state index contributed by atoms with van der Waals surface area (Å²) in [5.41, 5.74) is 3.97.